The molecule has 1 aromatic rings. The van der Waals surface area contributed by atoms with Crippen LogP contribution in [-0.4, -0.2) is 28.8 Å². The lowest BCUT2D eigenvalue weighted by Crippen LogP contribution is -2.45. The standard InChI is InChI=1S/C14H19NO3S/c1-9(2)13(14(17)18)15-12(16)8-19-11-7-5-4-6-10(11)3/h4-7,9,13H,8H2,1-3H3,(H,15,16)(H,17,18)/t13-/m1/s1. The van der Waals surface area contributed by atoms with Crippen LogP contribution in [0, 0.1) is 12.8 Å². The van der Waals surface area contributed by atoms with Crippen molar-refractivity contribution < 1.29 is 14.7 Å². The van der Waals surface area contributed by atoms with Crippen LogP contribution in [0.25, 0.3) is 0 Å². The van der Waals surface area contributed by atoms with E-state index in [1.807, 2.05) is 31.2 Å². The van der Waals surface area contributed by atoms with Crippen molar-refractivity contribution in [2.75, 3.05) is 5.75 Å². The Morgan fingerprint density at radius 1 is 1.32 bits per heavy atom. The zero-order valence-corrected chi connectivity index (χ0v) is 12.2. The molecule has 1 aromatic carbocycles. The normalized spacial score (nSPS) is 12.2. The lowest BCUT2D eigenvalue weighted by molar-refractivity contribution is -0.142. The van der Waals surface area contributed by atoms with Gasteiger partial charge >= 0.3 is 5.97 Å². The highest BCUT2D eigenvalue weighted by atomic mass is 32.2. The number of aliphatic carboxylic acids is 1. The number of aryl methyl sites for hydroxylation is 1. The van der Waals surface area contributed by atoms with Gasteiger partial charge in [0, 0.05) is 4.90 Å². The number of carbonyl (C=O) groups is 2. The predicted molar refractivity (Wildman–Crippen MR) is 76.3 cm³/mol. The minimum absolute atomic E-state index is 0.134. The first kappa shape index (κ1) is 15.6. The topological polar surface area (TPSA) is 66.4 Å². The van der Waals surface area contributed by atoms with E-state index in [9.17, 15) is 9.59 Å². The van der Waals surface area contributed by atoms with Crippen LogP contribution in [0.3, 0.4) is 0 Å². The molecule has 4 nitrogen and oxygen atoms in total. The molecule has 5 heteroatoms. The van der Waals surface area contributed by atoms with Gasteiger partial charge in [0.2, 0.25) is 5.91 Å². The summed E-state index contributed by atoms with van der Waals surface area (Å²) in [5.41, 5.74) is 1.11. The van der Waals surface area contributed by atoms with Crippen molar-refractivity contribution in [2.45, 2.75) is 31.7 Å². The molecule has 104 valence electrons. The van der Waals surface area contributed by atoms with E-state index in [4.69, 9.17) is 5.11 Å². The number of nitrogens with one attached hydrogen (secondary N) is 1. The van der Waals surface area contributed by atoms with Crippen LogP contribution in [-0.2, 0) is 9.59 Å². The lowest BCUT2D eigenvalue weighted by atomic mass is 10.1. The second-order valence-electron chi connectivity index (χ2n) is 4.68. The Bertz CT molecular complexity index is 460. The second kappa shape index (κ2) is 7.19. The average molecular weight is 281 g/mol. The predicted octanol–water partition coefficient (Wildman–Crippen LogP) is 2.31. The number of carboxylic acid groups (broad SMARTS) is 1. The van der Waals surface area contributed by atoms with Crippen LogP contribution >= 0.6 is 11.8 Å². The molecular formula is C14H19NO3S. The molecule has 0 heterocycles. The van der Waals surface area contributed by atoms with E-state index in [0.29, 0.717) is 0 Å². The van der Waals surface area contributed by atoms with Crippen molar-refractivity contribution in [3.63, 3.8) is 0 Å². The van der Waals surface area contributed by atoms with Crippen LogP contribution in [0.1, 0.15) is 19.4 Å². The van der Waals surface area contributed by atoms with Gasteiger partial charge in [0.1, 0.15) is 6.04 Å². The van der Waals surface area contributed by atoms with Gasteiger partial charge in [0.05, 0.1) is 5.75 Å². The molecular weight excluding hydrogens is 262 g/mol. The third-order valence-corrected chi connectivity index (χ3v) is 3.88. The van der Waals surface area contributed by atoms with E-state index in [1.54, 1.807) is 13.8 Å². The number of carbonyl (C=O) groups excluding carboxylic acids is 1. The maximum Gasteiger partial charge on any atom is 0.326 e. The number of hydrogen-bond acceptors (Lipinski definition) is 3. The molecule has 0 saturated heterocycles. The summed E-state index contributed by atoms with van der Waals surface area (Å²) in [6, 6.07) is 6.96. The molecule has 0 bridgehead atoms. The summed E-state index contributed by atoms with van der Waals surface area (Å²) in [6.07, 6.45) is 0. The maximum atomic E-state index is 11.8. The van der Waals surface area contributed by atoms with Gasteiger partial charge in [-0.25, -0.2) is 4.79 Å². The molecule has 0 saturated carbocycles. The van der Waals surface area contributed by atoms with E-state index < -0.39 is 12.0 Å². The van der Waals surface area contributed by atoms with Crippen LogP contribution in [0.2, 0.25) is 0 Å². The van der Waals surface area contributed by atoms with Crippen LogP contribution in [0.5, 0.6) is 0 Å². The summed E-state index contributed by atoms with van der Waals surface area (Å²) >= 11 is 1.42. The van der Waals surface area contributed by atoms with Crippen LogP contribution < -0.4 is 5.32 Å². The molecule has 0 radical (unpaired) electrons. The van der Waals surface area contributed by atoms with Gasteiger partial charge < -0.3 is 10.4 Å². The number of hydrogen-bond donors (Lipinski definition) is 2. The van der Waals surface area contributed by atoms with Crippen molar-refractivity contribution in [3.8, 4) is 0 Å². The highest BCUT2D eigenvalue weighted by Gasteiger charge is 2.23. The van der Waals surface area contributed by atoms with E-state index >= 15 is 0 Å². The Labute approximate surface area is 117 Å². The summed E-state index contributed by atoms with van der Waals surface area (Å²) < 4.78 is 0. The Balaban J connectivity index is 2.52. The summed E-state index contributed by atoms with van der Waals surface area (Å²) in [7, 11) is 0. The van der Waals surface area contributed by atoms with Gasteiger partial charge in [-0.2, -0.15) is 0 Å². The summed E-state index contributed by atoms with van der Waals surface area (Å²) in [4.78, 5) is 23.8. The fourth-order valence-electron chi connectivity index (χ4n) is 1.59. The fraction of sp³-hybridized carbons (Fsp3) is 0.429. The van der Waals surface area contributed by atoms with Gasteiger partial charge in [-0.3, -0.25) is 4.79 Å². The number of carboxylic acids is 1. The minimum atomic E-state index is -0.996. The molecule has 19 heavy (non-hydrogen) atoms. The molecule has 1 amide bonds. The summed E-state index contributed by atoms with van der Waals surface area (Å²) in [5, 5.41) is 11.5. The van der Waals surface area contributed by atoms with Crippen molar-refractivity contribution in [1.29, 1.82) is 0 Å². The second-order valence-corrected chi connectivity index (χ2v) is 5.70. The zero-order chi connectivity index (χ0) is 14.4. The average Bonchev–Trinajstić information content (AvgIpc) is 2.34. The van der Waals surface area contributed by atoms with E-state index in [0.717, 1.165) is 10.5 Å². The summed E-state index contributed by atoms with van der Waals surface area (Å²) in [5.74, 6) is -1.16. The zero-order valence-electron chi connectivity index (χ0n) is 11.3. The first-order valence-corrected chi connectivity index (χ1v) is 7.11. The Kier molecular flexibility index (Phi) is 5.89. The highest BCUT2D eigenvalue weighted by molar-refractivity contribution is 8.00. The van der Waals surface area contributed by atoms with Crippen molar-refractivity contribution >= 4 is 23.6 Å². The maximum absolute atomic E-state index is 11.8. The molecule has 1 rings (SSSR count). The largest absolute Gasteiger partial charge is 0.480 e. The molecule has 0 aromatic heterocycles. The van der Waals surface area contributed by atoms with Gasteiger partial charge in [-0.05, 0) is 24.5 Å². The Hall–Kier alpha value is -1.49. The molecule has 0 aliphatic rings. The van der Waals surface area contributed by atoms with Gasteiger partial charge in [0.15, 0.2) is 0 Å². The first-order chi connectivity index (χ1) is 8.91. The number of thioether (sulfide) groups is 1. The highest BCUT2D eigenvalue weighted by Crippen LogP contribution is 2.21. The number of amides is 1. The third-order valence-electron chi connectivity index (χ3n) is 2.70. The first-order valence-electron chi connectivity index (χ1n) is 6.12. The lowest BCUT2D eigenvalue weighted by Gasteiger charge is -2.17. The number of benzene rings is 1. The molecule has 0 aliphatic heterocycles. The minimum Gasteiger partial charge on any atom is -0.480 e. The van der Waals surface area contributed by atoms with Crippen molar-refractivity contribution in [1.82, 2.24) is 5.32 Å². The van der Waals surface area contributed by atoms with Gasteiger partial charge in [0.25, 0.3) is 0 Å². The SMILES string of the molecule is Cc1ccccc1SCC(=O)N[C@@H](C(=O)O)C(C)C. The van der Waals surface area contributed by atoms with Crippen molar-refractivity contribution in [3.05, 3.63) is 29.8 Å². The molecule has 0 fully saturated rings. The summed E-state index contributed by atoms with van der Waals surface area (Å²) in [6.45, 7) is 5.52. The Morgan fingerprint density at radius 3 is 2.47 bits per heavy atom. The molecule has 2 N–H and O–H groups in total. The van der Waals surface area contributed by atoms with Crippen LogP contribution in [0.15, 0.2) is 29.2 Å². The number of rotatable bonds is 6. The van der Waals surface area contributed by atoms with E-state index in [1.165, 1.54) is 11.8 Å². The third kappa shape index (κ3) is 4.95. The van der Waals surface area contributed by atoms with Crippen LogP contribution in [0.4, 0.5) is 0 Å². The van der Waals surface area contributed by atoms with E-state index in [-0.39, 0.29) is 17.6 Å². The quantitative estimate of drug-likeness (QED) is 0.785. The molecule has 1 atom stereocenters. The molecule has 0 unspecified atom stereocenters. The smallest absolute Gasteiger partial charge is 0.326 e. The monoisotopic (exact) mass is 281 g/mol. The van der Waals surface area contributed by atoms with Crippen molar-refractivity contribution in [2.24, 2.45) is 5.92 Å². The Morgan fingerprint density at radius 2 is 1.95 bits per heavy atom. The molecule has 0 aliphatic carbocycles. The van der Waals surface area contributed by atoms with Gasteiger partial charge in [-0.1, -0.05) is 32.0 Å². The molecule has 0 spiro atoms. The fourth-order valence-corrected chi connectivity index (χ4v) is 2.43. The van der Waals surface area contributed by atoms with Gasteiger partial charge in [-0.15, -0.1) is 11.8 Å². The van der Waals surface area contributed by atoms with E-state index in [2.05, 4.69) is 5.32 Å².